The van der Waals surface area contributed by atoms with Gasteiger partial charge in [0.25, 0.3) is 0 Å². The summed E-state index contributed by atoms with van der Waals surface area (Å²) in [6, 6.07) is 0. The molecule has 0 amide bonds. The van der Waals surface area contributed by atoms with E-state index in [1.54, 1.807) is 0 Å². The minimum atomic E-state index is -6.28. The Morgan fingerprint density at radius 3 is 1.91 bits per heavy atom. The summed E-state index contributed by atoms with van der Waals surface area (Å²) in [4.78, 5) is 46.5. The smallest absolute Gasteiger partial charge is 0.438 e. The maximum Gasteiger partial charge on any atom is 0.438 e. The fourth-order valence-corrected chi connectivity index (χ4v) is 5.24. The summed E-state index contributed by atoms with van der Waals surface area (Å²) in [7, 11) is 0. The van der Waals surface area contributed by atoms with Crippen LogP contribution in [0.5, 0.6) is 0 Å². The third kappa shape index (κ3) is 4.94. The van der Waals surface area contributed by atoms with E-state index < -0.39 is 61.1 Å². The molecular formula is C19H20F6O8. The molecule has 0 saturated heterocycles. The Balaban J connectivity index is 1.55. The van der Waals surface area contributed by atoms with Crippen molar-refractivity contribution in [2.75, 3.05) is 13.2 Å². The first-order valence-corrected chi connectivity index (χ1v) is 9.98. The van der Waals surface area contributed by atoms with Gasteiger partial charge in [-0.05, 0) is 38.0 Å². The van der Waals surface area contributed by atoms with E-state index in [1.807, 2.05) is 0 Å². The number of carbonyl (C=O) groups excluding carboxylic acids is 3. The number of carboxylic acid groups (broad SMARTS) is 1. The Morgan fingerprint density at radius 1 is 0.909 bits per heavy atom. The molecular weight excluding hydrogens is 470 g/mol. The number of ketones is 1. The predicted molar refractivity (Wildman–Crippen MR) is 91.4 cm³/mol. The monoisotopic (exact) mass is 490 g/mol. The minimum Gasteiger partial charge on any atom is -0.481 e. The number of halogens is 6. The van der Waals surface area contributed by atoms with Gasteiger partial charge in [-0.1, -0.05) is 0 Å². The third-order valence-electron chi connectivity index (χ3n) is 6.31. The summed E-state index contributed by atoms with van der Waals surface area (Å²) in [5.41, 5.74) is -6.16. The van der Waals surface area contributed by atoms with Crippen molar-refractivity contribution < 1.29 is 64.8 Å². The fourth-order valence-electron chi connectivity index (χ4n) is 5.24. The second kappa shape index (κ2) is 8.44. The number of esters is 2. The molecule has 4 saturated carbocycles. The Bertz CT molecular complexity index is 803. The van der Waals surface area contributed by atoms with E-state index >= 15 is 0 Å². The van der Waals surface area contributed by atoms with Crippen LogP contribution in [-0.4, -0.2) is 65.6 Å². The molecule has 2 atom stereocenters. The van der Waals surface area contributed by atoms with E-state index in [1.165, 1.54) is 0 Å². The maximum absolute atomic E-state index is 13.1. The van der Waals surface area contributed by atoms with Crippen molar-refractivity contribution in [3.8, 4) is 0 Å². The number of alkyl halides is 6. The molecule has 1 N–H and O–H groups in total. The van der Waals surface area contributed by atoms with Crippen LogP contribution in [0, 0.1) is 17.8 Å². The average Bonchev–Trinajstić information content (AvgIpc) is 2.62. The molecule has 0 aliphatic heterocycles. The van der Waals surface area contributed by atoms with Gasteiger partial charge in [-0.2, -0.15) is 26.3 Å². The van der Waals surface area contributed by atoms with E-state index in [2.05, 4.69) is 9.47 Å². The van der Waals surface area contributed by atoms with Gasteiger partial charge in [0, 0.05) is 11.8 Å². The van der Waals surface area contributed by atoms with Gasteiger partial charge in [-0.25, -0.2) is 9.59 Å². The van der Waals surface area contributed by atoms with Crippen molar-refractivity contribution in [2.24, 2.45) is 17.8 Å². The van der Waals surface area contributed by atoms with Crippen LogP contribution in [0.2, 0.25) is 0 Å². The number of hydrogen-bond acceptors (Lipinski definition) is 7. The Kier molecular flexibility index (Phi) is 6.46. The number of ether oxygens (including phenoxy) is 3. The van der Waals surface area contributed by atoms with Gasteiger partial charge in [0.1, 0.15) is 31.0 Å². The summed E-state index contributed by atoms with van der Waals surface area (Å²) in [5, 5.41) is 8.50. The maximum atomic E-state index is 13.1. The lowest BCUT2D eigenvalue weighted by molar-refractivity contribution is -0.370. The van der Waals surface area contributed by atoms with Crippen LogP contribution in [0.1, 0.15) is 38.5 Å². The van der Waals surface area contributed by atoms with E-state index in [-0.39, 0.29) is 23.5 Å². The summed E-state index contributed by atoms with van der Waals surface area (Å²) >= 11 is 0. The molecule has 186 valence electrons. The standard InChI is InChI=1S/C19H20F6O8/c20-18(21,22)17(6-12(26)27,19(23,24)25)33-14(29)8-31-7-13(28)32-16-3-9-1-10(4-16)15(30)11(2-9)5-16/h9-11H,1-8H2,(H,26,27). The van der Waals surface area contributed by atoms with Crippen LogP contribution >= 0.6 is 0 Å². The summed E-state index contributed by atoms with van der Waals surface area (Å²) < 4.78 is 92.0. The van der Waals surface area contributed by atoms with Crippen LogP contribution < -0.4 is 0 Å². The lowest BCUT2D eigenvalue weighted by Gasteiger charge is -2.54. The van der Waals surface area contributed by atoms with Crippen molar-refractivity contribution in [2.45, 2.75) is 62.1 Å². The van der Waals surface area contributed by atoms with E-state index in [0.717, 1.165) is 0 Å². The van der Waals surface area contributed by atoms with Gasteiger partial charge in [0.15, 0.2) is 0 Å². The van der Waals surface area contributed by atoms with Crippen LogP contribution in [-0.2, 0) is 33.4 Å². The molecule has 0 aromatic heterocycles. The first-order chi connectivity index (χ1) is 15.1. The molecule has 2 unspecified atom stereocenters. The van der Waals surface area contributed by atoms with Gasteiger partial charge in [-0.15, -0.1) is 0 Å². The molecule has 4 fully saturated rings. The molecule has 4 aliphatic rings. The van der Waals surface area contributed by atoms with Crippen LogP contribution in [0.3, 0.4) is 0 Å². The SMILES string of the molecule is O=C(O)CC(OC(=O)COCC(=O)OC12CC3CC(C1)C(=O)C(C3)C2)(C(F)(F)F)C(F)(F)F. The van der Waals surface area contributed by atoms with Gasteiger partial charge in [-0.3, -0.25) is 9.59 Å². The van der Waals surface area contributed by atoms with Crippen molar-refractivity contribution >= 4 is 23.7 Å². The first kappa shape index (κ1) is 25.2. The summed E-state index contributed by atoms with van der Waals surface area (Å²) in [5.74, 6) is -5.75. The molecule has 14 heteroatoms. The Labute approximate surface area is 182 Å². The number of Topliss-reactive ketones (excluding diaryl/α,β-unsaturated/α-hetero) is 1. The highest BCUT2D eigenvalue weighted by Crippen LogP contribution is 2.55. The lowest BCUT2D eigenvalue weighted by atomic mass is 9.53. The highest BCUT2D eigenvalue weighted by molar-refractivity contribution is 5.86. The molecule has 0 heterocycles. The first-order valence-electron chi connectivity index (χ1n) is 9.98. The number of carboxylic acids is 1. The zero-order chi connectivity index (χ0) is 24.8. The van der Waals surface area contributed by atoms with Gasteiger partial charge < -0.3 is 19.3 Å². The quantitative estimate of drug-likeness (QED) is 0.408. The van der Waals surface area contributed by atoms with E-state index in [0.29, 0.717) is 32.1 Å². The molecule has 0 aromatic rings. The predicted octanol–water partition coefficient (Wildman–Crippen LogP) is 2.58. The van der Waals surface area contributed by atoms with Crippen molar-refractivity contribution in [3.05, 3.63) is 0 Å². The highest BCUT2D eigenvalue weighted by Gasteiger charge is 2.75. The second-order valence-corrected chi connectivity index (χ2v) is 8.76. The van der Waals surface area contributed by atoms with Crippen LogP contribution in [0.4, 0.5) is 26.3 Å². The minimum absolute atomic E-state index is 0.135. The molecule has 0 spiro atoms. The Morgan fingerprint density at radius 2 is 1.42 bits per heavy atom. The molecule has 4 rings (SSSR count). The molecule has 33 heavy (non-hydrogen) atoms. The zero-order valence-corrected chi connectivity index (χ0v) is 17.0. The molecule has 0 radical (unpaired) electrons. The highest BCUT2D eigenvalue weighted by atomic mass is 19.4. The second-order valence-electron chi connectivity index (χ2n) is 8.76. The number of carbonyl (C=O) groups is 4. The van der Waals surface area contributed by atoms with E-state index in [9.17, 15) is 45.5 Å². The molecule has 4 aliphatic carbocycles. The molecule has 4 bridgehead atoms. The van der Waals surface area contributed by atoms with Gasteiger partial charge in [0.2, 0.25) is 0 Å². The fraction of sp³-hybridized carbons (Fsp3) is 0.789. The van der Waals surface area contributed by atoms with E-state index in [4.69, 9.17) is 9.84 Å². The number of rotatable bonds is 8. The third-order valence-corrected chi connectivity index (χ3v) is 6.31. The normalized spacial score (nSPS) is 29.2. The van der Waals surface area contributed by atoms with Gasteiger partial charge in [0.05, 0.1) is 0 Å². The van der Waals surface area contributed by atoms with Crippen LogP contribution in [0.25, 0.3) is 0 Å². The number of hydrogen-bond donors (Lipinski definition) is 1. The van der Waals surface area contributed by atoms with Gasteiger partial charge >= 0.3 is 35.9 Å². The van der Waals surface area contributed by atoms with Crippen molar-refractivity contribution in [1.82, 2.24) is 0 Å². The molecule has 8 nitrogen and oxygen atoms in total. The topological polar surface area (TPSA) is 116 Å². The van der Waals surface area contributed by atoms with Crippen molar-refractivity contribution in [3.63, 3.8) is 0 Å². The number of aliphatic carboxylic acids is 1. The van der Waals surface area contributed by atoms with Crippen LogP contribution in [0.15, 0.2) is 0 Å². The largest absolute Gasteiger partial charge is 0.481 e. The summed E-state index contributed by atoms with van der Waals surface area (Å²) in [6.45, 7) is -2.45. The molecule has 0 aromatic carbocycles. The zero-order valence-electron chi connectivity index (χ0n) is 17.0. The lowest BCUT2D eigenvalue weighted by Crippen LogP contribution is -2.61. The Hall–Kier alpha value is -2.38. The average molecular weight is 490 g/mol. The van der Waals surface area contributed by atoms with Crippen molar-refractivity contribution in [1.29, 1.82) is 0 Å². The summed E-state index contributed by atoms with van der Waals surface area (Å²) in [6.07, 6.45) is -12.5.